The Morgan fingerprint density at radius 1 is 0.774 bits per heavy atom. The normalized spacial score (nSPS) is 16.0. The number of Topliss-reactive ketones (excluding diaryl/α,β-unsaturated/α-hetero) is 1. The van der Waals surface area contributed by atoms with Crippen LogP contribution in [0.3, 0.4) is 0 Å². The number of ketones is 1. The Morgan fingerprint density at radius 2 is 1.19 bits per heavy atom. The number of carbonyl (C=O) groups is 1. The van der Waals surface area contributed by atoms with Gasteiger partial charge >= 0.3 is 0 Å². The zero-order chi connectivity index (χ0) is 21.5. The summed E-state index contributed by atoms with van der Waals surface area (Å²) in [6.07, 6.45) is 6.92. The van der Waals surface area contributed by atoms with Gasteiger partial charge in [-0.25, -0.2) is 0 Å². The second-order valence-electron chi connectivity index (χ2n) is 8.89. The minimum absolute atomic E-state index is 0.248. The number of hydrogen-bond donors (Lipinski definition) is 1. The summed E-state index contributed by atoms with van der Waals surface area (Å²) in [6.45, 7) is 2.04. The van der Waals surface area contributed by atoms with E-state index in [4.69, 9.17) is 0 Å². The maximum Gasteiger partial charge on any atom is 0.149 e. The predicted molar refractivity (Wildman–Crippen MR) is 128 cm³/mol. The zero-order valence-corrected chi connectivity index (χ0v) is 18.5. The maximum absolute atomic E-state index is 13.3. The van der Waals surface area contributed by atoms with Crippen LogP contribution in [0.25, 0.3) is 0 Å². The van der Waals surface area contributed by atoms with E-state index in [1.807, 2.05) is 25.1 Å². The molecule has 160 valence electrons. The van der Waals surface area contributed by atoms with Crippen molar-refractivity contribution < 1.29 is 4.79 Å². The average Bonchev–Trinajstić information content (AvgIpc) is 2.84. The lowest BCUT2D eigenvalue weighted by Crippen LogP contribution is -2.51. The van der Waals surface area contributed by atoms with Crippen LogP contribution >= 0.6 is 0 Å². The summed E-state index contributed by atoms with van der Waals surface area (Å²) >= 11 is 0. The molecule has 1 fully saturated rings. The van der Waals surface area contributed by atoms with Crippen LogP contribution in [-0.2, 0) is 10.3 Å². The summed E-state index contributed by atoms with van der Waals surface area (Å²) in [6, 6.07) is 31.3. The van der Waals surface area contributed by atoms with Crippen molar-refractivity contribution in [3.63, 3.8) is 0 Å². The van der Waals surface area contributed by atoms with Gasteiger partial charge in [0.1, 0.15) is 5.78 Å². The smallest absolute Gasteiger partial charge is 0.149 e. The highest BCUT2D eigenvalue weighted by atomic mass is 16.1. The second-order valence-corrected chi connectivity index (χ2v) is 8.89. The van der Waals surface area contributed by atoms with Crippen molar-refractivity contribution >= 4 is 5.78 Å². The topological polar surface area (TPSA) is 29.1 Å². The van der Waals surface area contributed by atoms with Crippen molar-refractivity contribution in [2.24, 2.45) is 5.92 Å². The number of rotatable bonds is 8. The van der Waals surface area contributed by atoms with Crippen LogP contribution in [0.2, 0.25) is 0 Å². The molecule has 1 aliphatic carbocycles. The highest BCUT2D eigenvalue weighted by molar-refractivity contribution is 5.84. The Balaban J connectivity index is 1.74. The van der Waals surface area contributed by atoms with E-state index in [-0.39, 0.29) is 6.04 Å². The van der Waals surface area contributed by atoms with Gasteiger partial charge in [0.25, 0.3) is 0 Å². The van der Waals surface area contributed by atoms with Gasteiger partial charge in [-0.3, -0.25) is 10.1 Å². The first kappa shape index (κ1) is 21.5. The maximum atomic E-state index is 13.3. The van der Waals surface area contributed by atoms with Crippen molar-refractivity contribution in [3.8, 4) is 0 Å². The number of benzene rings is 3. The minimum atomic E-state index is -0.592. The Morgan fingerprint density at radius 3 is 1.61 bits per heavy atom. The Kier molecular flexibility index (Phi) is 6.99. The number of carbonyl (C=O) groups excluding carboxylic acids is 1. The molecule has 0 amide bonds. The van der Waals surface area contributed by atoms with Crippen LogP contribution in [0.15, 0.2) is 91.0 Å². The fraction of sp³-hybridized carbons (Fsp3) is 0.345. The Labute approximate surface area is 186 Å². The zero-order valence-electron chi connectivity index (χ0n) is 18.5. The van der Waals surface area contributed by atoms with E-state index < -0.39 is 5.54 Å². The Bertz CT molecular complexity index is 849. The minimum Gasteiger partial charge on any atom is -0.298 e. The molecule has 0 radical (unpaired) electrons. The molecule has 4 rings (SSSR count). The molecule has 0 aliphatic heterocycles. The molecule has 31 heavy (non-hydrogen) atoms. The molecular weight excluding hydrogens is 378 g/mol. The van der Waals surface area contributed by atoms with E-state index >= 15 is 0 Å². The first-order chi connectivity index (χ1) is 15.2. The van der Waals surface area contributed by atoms with Crippen LogP contribution in [-0.4, -0.2) is 11.8 Å². The van der Waals surface area contributed by atoms with E-state index in [0.29, 0.717) is 18.1 Å². The third kappa shape index (κ3) is 4.80. The SMILES string of the molecule is C[C@@H](NC(c1ccccc1)(c1ccccc1)c1ccccc1)C(=O)CC1CCCCC1. The van der Waals surface area contributed by atoms with Crippen LogP contribution in [0.1, 0.15) is 62.1 Å². The molecule has 1 atom stereocenters. The van der Waals surface area contributed by atoms with Crippen molar-refractivity contribution in [2.75, 3.05) is 0 Å². The molecule has 2 heteroatoms. The molecule has 2 nitrogen and oxygen atoms in total. The number of nitrogens with one attached hydrogen (secondary N) is 1. The molecule has 0 unspecified atom stereocenters. The summed E-state index contributed by atoms with van der Waals surface area (Å²) in [4.78, 5) is 13.3. The van der Waals surface area contributed by atoms with Gasteiger partial charge in [0.15, 0.2) is 0 Å². The van der Waals surface area contributed by atoms with Crippen LogP contribution in [0.5, 0.6) is 0 Å². The van der Waals surface area contributed by atoms with Gasteiger partial charge in [-0.2, -0.15) is 0 Å². The lowest BCUT2D eigenvalue weighted by Gasteiger charge is -2.39. The molecule has 1 saturated carbocycles. The fourth-order valence-electron chi connectivity index (χ4n) is 5.07. The van der Waals surface area contributed by atoms with E-state index in [1.54, 1.807) is 0 Å². The first-order valence-corrected chi connectivity index (χ1v) is 11.7. The van der Waals surface area contributed by atoms with Gasteiger partial charge in [-0.15, -0.1) is 0 Å². The van der Waals surface area contributed by atoms with E-state index in [1.165, 1.54) is 32.1 Å². The van der Waals surface area contributed by atoms with Crippen molar-refractivity contribution in [3.05, 3.63) is 108 Å². The molecule has 0 bridgehead atoms. The molecule has 0 aromatic heterocycles. The van der Waals surface area contributed by atoms with Crippen LogP contribution in [0.4, 0.5) is 0 Å². The standard InChI is InChI=1S/C29H33NO/c1-23(28(31)22-24-14-6-2-7-15-24)30-29(25-16-8-3-9-17-25,26-18-10-4-11-19-26)27-20-12-5-13-21-27/h3-5,8-13,16-21,23-24,30H,2,6-7,14-15,22H2,1H3/t23-/m1/s1. The molecular formula is C29H33NO. The summed E-state index contributed by atoms with van der Waals surface area (Å²) in [5.74, 6) is 0.865. The summed E-state index contributed by atoms with van der Waals surface area (Å²) in [7, 11) is 0. The van der Waals surface area contributed by atoms with Gasteiger partial charge in [0.2, 0.25) is 0 Å². The van der Waals surface area contributed by atoms with Gasteiger partial charge < -0.3 is 0 Å². The monoisotopic (exact) mass is 411 g/mol. The van der Waals surface area contributed by atoms with Crippen LogP contribution in [0, 0.1) is 5.92 Å². The van der Waals surface area contributed by atoms with Crippen LogP contribution < -0.4 is 5.32 Å². The molecule has 1 N–H and O–H groups in total. The van der Waals surface area contributed by atoms with Gasteiger partial charge in [-0.1, -0.05) is 123 Å². The molecule has 1 aliphatic rings. The summed E-state index contributed by atoms with van der Waals surface area (Å²) in [5.41, 5.74) is 2.84. The van der Waals surface area contributed by atoms with E-state index in [2.05, 4.69) is 78.1 Å². The second kappa shape index (κ2) is 10.1. The Hall–Kier alpha value is -2.71. The lowest BCUT2D eigenvalue weighted by atomic mass is 9.76. The molecule has 3 aromatic rings. The lowest BCUT2D eigenvalue weighted by molar-refractivity contribution is -0.122. The van der Waals surface area contributed by atoms with E-state index in [0.717, 1.165) is 16.7 Å². The van der Waals surface area contributed by atoms with Gasteiger partial charge in [-0.05, 0) is 29.5 Å². The molecule has 3 aromatic carbocycles. The van der Waals surface area contributed by atoms with Gasteiger partial charge in [0.05, 0.1) is 11.6 Å². The molecule has 0 saturated heterocycles. The third-order valence-corrected chi connectivity index (χ3v) is 6.75. The molecule has 0 heterocycles. The van der Waals surface area contributed by atoms with Crippen molar-refractivity contribution in [1.29, 1.82) is 0 Å². The average molecular weight is 412 g/mol. The van der Waals surface area contributed by atoms with Crippen molar-refractivity contribution in [1.82, 2.24) is 5.32 Å². The highest BCUT2D eigenvalue weighted by Gasteiger charge is 2.38. The summed E-state index contributed by atoms with van der Waals surface area (Å²) in [5, 5.41) is 3.82. The van der Waals surface area contributed by atoms with Crippen molar-refractivity contribution in [2.45, 2.75) is 57.0 Å². The third-order valence-electron chi connectivity index (χ3n) is 6.75. The van der Waals surface area contributed by atoms with E-state index in [9.17, 15) is 4.79 Å². The molecule has 0 spiro atoms. The number of hydrogen-bond acceptors (Lipinski definition) is 2. The predicted octanol–water partition coefficient (Wildman–Crippen LogP) is 6.50. The summed E-state index contributed by atoms with van der Waals surface area (Å²) < 4.78 is 0. The fourth-order valence-corrected chi connectivity index (χ4v) is 5.07. The first-order valence-electron chi connectivity index (χ1n) is 11.7. The van der Waals surface area contributed by atoms with Gasteiger partial charge in [0, 0.05) is 6.42 Å². The highest BCUT2D eigenvalue weighted by Crippen LogP contribution is 2.37. The largest absolute Gasteiger partial charge is 0.298 e. The quantitative estimate of drug-likeness (QED) is 0.429.